The molecule has 3 aromatic carbocycles. The van der Waals surface area contributed by atoms with Crippen LogP contribution < -0.4 is 9.62 Å². The van der Waals surface area contributed by atoms with Gasteiger partial charge in [-0.05, 0) is 48.4 Å². The number of aryl methyl sites for hydroxylation is 1. The zero-order chi connectivity index (χ0) is 20.1. The van der Waals surface area contributed by atoms with Crippen molar-refractivity contribution in [3.05, 3.63) is 90.0 Å². The van der Waals surface area contributed by atoms with Gasteiger partial charge < -0.3 is 5.32 Å². The van der Waals surface area contributed by atoms with E-state index in [1.807, 2.05) is 31.2 Å². The number of rotatable bonds is 6. The Hall–Kier alpha value is -3.12. The van der Waals surface area contributed by atoms with Crippen LogP contribution in [0.1, 0.15) is 11.1 Å². The average molecular weight is 394 g/mol. The summed E-state index contributed by atoms with van der Waals surface area (Å²) in [5.74, 6) is -0.118. The SMILES string of the molecule is Cc1ccccc1NC(=O)Cc1ccc(N(C)S(=O)(=O)c2ccccc2)cc1. The highest BCUT2D eigenvalue weighted by atomic mass is 32.2. The van der Waals surface area contributed by atoms with E-state index in [1.54, 1.807) is 54.6 Å². The van der Waals surface area contributed by atoms with Gasteiger partial charge in [0.15, 0.2) is 0 Å². The Morgan fingerprint density at radius 3 is 2.14 bits per heavy atom. The van der Waals surface area contributed by atoms with Gasteiger partial charge in [-0.15, -0.1) is 0 Å². The molecule has 0 saturated heterocycles. The van der Waals surface area contributed by atoms with E-state index < -0.39 is 10.0 Å². The Bertz CT molecular complexity index is 1060. The van der Waals surface area contributed by atoms with E-state index in [2.05, 4.69) is 5.32 Å². The Balaban J connectivity index is 1.69. The van der Waals surface area contributed by atoms with Gasteiger partial charge in [-0.2, -0.15) is 0 Å². The average Bonchev–Trinajstić information content (AvgIpc) is 2.70. The number of para-hydroxylation sites is 1. The second-order valence-corrected chi connectivity index (χ2v) is 8.46. The van der Waals surface area contributed by atoms with Crippen LogP contribution >= 0.6 is 0 Å². The molecule has 144 valence electrons. The van der Waals surface area contributed by atoms with Crippen LogP contribution in [0.3, 0.4) is 0 Å². The molecule has 3 rings (SSSR count). The second kappa shape index (κ2) is 8.27. The molecule has 1 amide bonds. The molecule has 6 heteroatoms. The lowest BCUT2D eigenvalue weighted by Crippen LogP contribution is -2.26. The maximum Gasteiger partial charge on any atom is 0.264 e. The van der Waals surface area contributed by atoms with Crippen LogP contribution in [0, 0.1) is 6.92 Å². The summed E-state index contributed by atoms with van der Waals surface area (Å²) in [7, 11) is -2.10. The highest BCUT2D eigenvalue weighted by Gasteiger charge is 2.20. The maximum absolute atomic E-state index is 12.7. The molecule has 0 atom stereocenters. The number of nitrogens with zero attached hydrogens (tertiary/aromatic N) is 1. The van der Waals surface area contributed by atoms with Crippen molar-refractivity contribution in [1.29, 1.82) is 0 Å². The van der Waals surface area contributed by atoms with Crippen LogP contribution in [0.4, 0.5) is 11.4 Å². The number of amides is 1. The van der Waals surface area contributed by atoms with Crippen molar-refractivity contribution in [1.82, 2.24) is 0 Å². The molecule has 0 bridgehead atoms. The van der Waals surface area contributed by atoms with Gasteiger partial charge in [0.2, 0.25) is 5.91 Å². The predicted octanol–water partition coefficient (Wildman–Crippen LogP) is 4.00. The van der Waals surface area contributed by atoms with Crippen molar-refractivity contribution in [2.75, 3.05) is 16.7 Å². The van der Waals surface area contributed by atoms with Gasteiger partial charge in [0.1, 0.15) is 0 Å². The fraction of sp³-hybridized carbons (Fsp3) is 0.136. The quantitative estimate of drug-likeness (QED) is 0.687. The van der Waals surface area contributed by atoms with Crippen molar-refractivity contribution < 1.29 is 13.2 Å². The summed E-state index contributed by atoms with van der Waals surface area (Å²) in [5.41, 5.74) is 3.13. The number of carbonyl (C=O) groups excluding carboxylic acids is 1. The van der Waals surface area contributed by atoms with Crippen LogP contribution in [0.2, 0.25) is 0 Å². The summed E-state index contributed by atoms with van der Waals surface area (Å²) in [6.45, 7) is 1.94. The largest absolute Gasteiger partial charge is 0.326 e. The monoisotopic (exact) mass is 394 g/mol. The minimum absolute atomic E-state index is 0.118. The third kappa shape index (κ3) is 4.40. The molecule has 3 aromatic rings. The van der Waals surface area contributed by atoms with Gasteiger partial charge in [-0.1, -0.05) is 48.5 Å². The fourth-order valence-electron chi connectivity index (χ4n) is 2.81. The summed E-state index contributed by atoms with van der Waals surface area (Å²) < 4.78 is 26.6. The normalized spacial score (nSPS) is 11.1. The third-order valence-electron chi connectivity index (χ3n) is 4.49. The van der Waals surface area contributed by atoms with Gasteiger partial charge in [-0.3, -0.25) is 9.10 Å². The van der Waals surface area contributed by atoms with E-state index in [0.29, 0.717) is 5.69 Å². The molecule has 0 heterocycles. The summed E-state index contributed by atoms with van der Waals surface area (Å²) >= 11 is 0. The topological polar surface area (TPSA) is 66.5 Å². The lowest BCUT2D eigenvalue weighted by atomic mass is 10.1. The standard InChI is InChI=1S/C22H22N2O3S/c1-17-8-6-7-11-21(17)23-22(25)16-18-12-14-19(15-13-18)24(2)28(26,27)20-9-4-3-5-10-20/h3-15H,16H2,1-2H3,(H,23,25). The molecule has 0 unspecified atom stereocenters. The zero-order valence-electron chi connectivity index (χ0n) is 15.8. The van der Waals surface area contributed by atoms with Gasteiger partial charge in [0.25, 0.3) is 10.0 Å². The number of benzene rings is 3. The smallest absolute Gasteiger partial charge is 0.264 e. The Morgan fingerprint density at radius 2 is 1.50 bits per heavy atom. The molecule has 1 N–H and O–H groups in total. The van der Waals surface area contributed by atoms with Crippen LogP contribution in [0.15, 0.2) is 83.8 Å². The molecule has 0 aromatic heterocycles. The summed E-state index contributed by atoms with van der Waals surface area (Å²) in [4.78, 5) is 12.5. The lowest BCUT2D eigenvalue weighted by Gasteiger charge is -2.19. The van der Waals surface area contributed by atoms with E-state index >= 15 is 0 Å². The van der Waals surface area contributed by atoms with Crippen molar-refractivity contribution in [3.8, 4) is 0 Å². The second-order valence-electron chi connectivity index (χ2n) is 6.49. The molecule has 0 saturated carbocycles. The molecule has 0 fully saturated rings. The van der Waals surface area contributed by atoms with Crippen LogP contribution in [0.25, 0.3) is 0 Å². The van der Waals surface area contributed by atoms with E-state index in [0.717, 1.165) is 16.8 Å². The van der Waals surface area contributed by atoms with Gasteiger partial charge in [0, 0.05) is 12.7 Å². The molecule has 0 aliphatic rings. The van der Waals surface area contributed by atoms with Crippen molar-refractivity contribution in [2.45, 2.75) is 18.2 Å². The first-order valence-electron chi connectivity index (χ1n) is 8.86. The fourth-order valence-corrected chi connectivity index (χ4v) is 4.02. The lowest BCUT2D eigenvalue weighted by molar-refractivity contribution is -0.115. The number of sulfonamides is 1. The first-order chi connectivity index (χ1) is 13.4. The summed E-state index contributed by atoms with van der Waals surface area (Å²) in [6.07, 6.45) is 0.212. The van der Waals surface area contributed by atoms with Crippen LogP contribution in [-0.4, -0.2) is 21.4 Å². The summed E-state index contributed by atoms with van der Waals surface area (Å²) in [5, 5.41) is 2.90. The maximum atomic E-state index is 12.7. The molecule has 0 aliphatic carbocycles. The molecular formula is C22H22N2O3S. The molecule has 0 aliphatic heterocycles. The van der Waals surface area contributed by atoms with E-state index in [-0.39, 0.29) is 17.2 Å². The third-order valence-corrected chi connectivity index (χ3v) is 6.29. The minimum atomic E-state index is -3.62. The zero-order valence-corrected chi connectivity index (χ0v) is 16.6. The van der Waals surface area contributed by atoms with Crippen molar-refractivity contribution in [2.24, 2.45) is 0 Å². The van der Waals surface area contributed by atoms with Gasteiger partial charge in [-0.25, -0.2) is 8.42 Å². The van der Waals surface area contributed by atoms with Gasteiger partial charge in [0.05, 0.1) is 17.0 Å². The van der Waals surface area contributed by atoms with Crippen molar-refractivity contribution >= 4 is 27.3 Å². The molecular weight excluding hydrogens is 372 g/mol. The number of hydrogen-bond donors (Lipinski definition) is 1. The number of carbonyl (C=O) groups is 1. The minimum Gasteiger partial charge on any atom is -0.326 e. The van der Waals surface area contributed by atoms with E-state index in [1.165, 1.54) is 11.4 Å². The van der Waals surface area contributed by atoms with Crippen LogP contribution in [0.5, 0.6) is 0 Å². The Morgan fingerprint density at radius 1 is 0.893 bits per heavy atom. The molecule has 5 nitrogen and oxygen atoms in total. The van der Waals surface area contributed by atoms with Crippen molar-refractivity contribution in [3.63, 3.8) is 0 Å². The molecule has 0 spiro atoms. The number of nitrogens with one attached hydrogen (secondary N) is 1. The number of hydrogen-bond acceptors (Lipinski definition) is 3. The Kier molecular flexibility index (Phi) is 5.80. The number of anilines is 2. The van der Waals surface area contributed by atoms with E-state index in [4.69, 9.17) is 0 Å². The first kappa shape index (κ1) is 19.6. The molecule has 0 radical (unpaired) electrons. The summed E-state index contributed by atoms with van der Waals surface area (Å²) in [6, 6.07) is 22.8. The Labute approximate surface area is 165 Å². The highest BCUT2D eigenvalue weighted by Crippen LogP contribution is 2.22. The van der Waals surface area contributed by atoms with E-state index in [9.17, 15) is 13.2 Å². The predicted molar refractivity (Wildman–Crippen MR) is 112 cm³/mol. The highest BCUT2D eigenvalue weighted by molar-refractivity contribution is 7.92. The van der Waals surface area contributed by atoms with Gasteiger partial charge >= 0.3 is 0 Å². The molecule has 28 heavy (non-hydrogen) atoms. The van der Waals surface area contributed by atoms with Crippen LogP contribution in [-0.2, 0) is 21.2 Å². The first-order valence-corrected chi connectivity index (χ1v) is 10.3.